The third-order valence-electron chi connectivity index (χ3n) is 8.73. The van der Waals surface area contributed by atoms with Gasteiger partial charge in [0, 0.05) is 43.3 Å². The number of fused-ring (bicyclic) bond motifs is 1. The van der Waals surface area contributed by atoms with E-state index in [1.807, 2.05) is 31.2 Å². The zero-order valence-corrected chi connectivity index (χ0v) is 26.8. The molecule has 2 heterocycles. The fourth-order valence-corrected chi connectivity index (χ4v) is 7.75. The molecule has 1 aromatic heterocycles. The number of Topliss-reactive ketones (excluding diaryl/α,β-unsaturated/α-hetero) is 1. The van der Waals surface area contributed by atoms with E-state index in [1.165, 1.54) is 62.7 Å². The van der Waals surface area contributed by atoms with Crippen LogP contribution >= 0.6 is 22.9 Å². The maximum atomic E-state index is 13.8. The Morgan fingerprint density at radius 2 is 1.86 bits per heavy atom. The molecule has 0 bridgehead atoms. The number of nitrogens with zero attached hydrogens (tertiary/aromatic N) is 2. The zero-order chi connectivity index (χ0) is 29.7. The number of carbonyl (C=O) groups is 3. The standard InChI is InChI=1S/C34H48ClN3O3S/c1-2-10-30(40)22-26(23-33-37-31-17-14-27(35)24-32(31)42-33)34(41)36-28(21-25-11-5-3-6-12-25)15-16-29(39)13-9-20-38-18-7-4-8-19-38/h9,13-14,17,24-26,28H,2-8,10-12,15-16,18-23H2,1H3,(H,36,41)/b13-9+/t26-,28+/m0/s1. The minimum atomic E-state index is -0.478. The molecule has 42 heavy (non-hydrogen) atoms. The first kappa shape index (κ1) is 32.8. The highest BCUT2D eigenvalue weighted by atomic mass is 35.5. The van der Waals surface area contributed by atoms with Gasteiger partial charge in [0.1, 0.15) is 5.78 Å². The van der Waals surface area contributed by atoms with Crippen molar-refractivity contribution in [1.82, 2.24) is 15.2 Å². The lowest BCUT2D eigenvalue weighted by molar-refractivity contribution is -0.130. The van der Waals surface area contributed by atoms with Gasteiger partial charge in [0.15, 0.2) is 5.78 Å². The second-order valence-electron chi connectivity index (χ2n) is 12.3. The van der Waals surface area contributed by atoms with Crippen molar-refractivity contribution in [3.63, 3.8) is 0 Å². The maximum Gasteiger partial charge on any atom is 0.224 e. The monoisotopic (exact) mass is 613 g/mol. The van der Waals surface area contributed by atoms with Crippen LogP contribution in [0.2, 0.25) is 5.02 Å². The number of hydrogen-bond donors (Lipinski definition) is 1. The Morgan fingerprint density at radius 1 is 1.10 bits per heavy atom. The van der Waals surface area contributed by atoms with E-state index in [4.69, 9.17) is 16.6 Å². The van der Waals surface area contributed by atoms with Crippen LogP contribution in [0.1, 0.15) is 102 Å². The molecule has 1 N–H and O–H groups in total. The van der Waals surface area contributed by atoms with Gasteiger partial charge in [-0.1, -0.05) is 63.1 Å². The number of aromatic nitrogens is 1. The summed E-state index contributed by atoms with van der Waals surface area (Å²) in [6.07, 6.45) is 17.5. The normalized spacial score (nSPS) is 18.3. The number of rotatable bonds is 16. The largest absolute Gasteiger partial charge is 0.353 e. The van der Waals surface area contributed by atoms with Crippen LogP contribution in [0.15, 0.2) is 30.4 Å². The van der Waals surface area contributed by atoms with Crippen molar-refractivity contribution in [3.8, 4) is 0 Å². The van der Waals surface area contributed by atoms with E-state index in [9.17, 15) is 14.4 Å². The van der Waals surface area contributed by atoms with Crippen molar-refractivity contribution in [2.24, 2.45) is 11.8 Å². The summed E-state index contributed by atoms with van der Waals surface area (Å²) < 4.78 is 0.985. The van der Waals surface area contributed by atoms with Crippen LogP contribution in [0, 0.1) is 11.8 Å². The summed E-state index contributed by atoms with van der Waals surface area (Å²) >= 11 is 7.71. The smallest absolute Gasteiger partial charge is 0.224 e. The number of thiazole rings is 1. The van der Waals surface area contributed by atoms with Gasteiger partial charge in [0.2, 0.25) is 5.91 Å². The van der Waals surface area contributed by atoms with E-state index in [1.54, 1.807) is 6.08 Å². The van der Waals surface area contributed by atoms with E-state index >= 15 is 0 Å². The van der Waals surface area contributed by atoms with Gasteiger partial charge in [0.05, 0.1) is 21.1 Å². The van der Waals surface area contributed by atoms with Crippen LogP contribution < -0.4 is 5.32 Å². The van der Waals surface area contributed by atoms with E-state index in [2.05, 4.69) is 10.2 Å². The number of halogens is 1. The van der Waals surface area contributed by atoms with Gasteiger partial charge in [-0.3, -0.25) is 19.3 Å². The van der Waals surface area contributed by atoms with Crippen molar-refractivity contribution in [2.75, 3.05) is 19.6 Å². The summed E-state index contributed by atoms with van der Waals surface area (Å²) in [4.78, 5) is 46.4. The molecule has 1 saturated carbocycles. The first-order chi connectivity index (χ1) is 20.4. The Morgan fingerprint density at radius 3 is 2.62 bits per heavy atom. The molecule has 1 aliphatic heterocycles. The van der Waals surface area contributed by atoms with Gasteiger partial charge in [0.25, 0.3) is 0 Å². The highest BCUT2D eigenvalue weighted by molar-refractivity contribution is 7.18. The van der Waals surface area contributed by atoms with Gasteiger partial charge in [-0.2, -0.15) is 0 Å². The van der Waals surface area contributed by atoms with E-state index in [0.717, 1.165) is 47.7 Å². The lowest BCUT2D eigenvalue weighted by atomic mass is 9.83. The Bertz CT molecular complexity index is 1200. The Balaban J connectivity index is 1.40. The minimum absolute atomic E-state index is 0.0713. The Labute approximate surface area is 260 Å². The fraction of sp³-hybridized carbons (Fsp3) is 0.647. The van der Waals surface area contributed by atoms with Crippen LogP contribution in [-0.2, 0) is 20.8 Å². The van der Waals surface area contributed by atoms with Crippen LogP contribution in [0.4, 0.5) is 0 Å². The summed E-state index contributed by atoms with van der Waals surface area (Å²) in [5.74, 6) is 0.236. The molecule has 2 aromatic rings. The van der Waals surface area contributed by atoms with Crippen molar-refractivity contribution in [3.05, 3.63) is 40.4 Å². The number of nitrogens with one attached hydrogen (secondary N) is 1. The molecule has 1 aliphatic carbocycles. The van der Waals surface area contributed by atoms with Gasteiger partial charge in [-0.05, 0) is 75.4 Å². The van der Waals surface area contributed by atoms with E-state index in [0.29, 0.717) is 36.6 Å². The summed E-state index contributed by atoms with van der Waals surface area (Å²) in [6.45, 7) is 5.04. The lowest BCUT2D eigenvalue weighted by Gasteiger charge is -2.28. The van der Waals surface area contributed by atoms with E-state index < -0.39 is 5.92 Å². The topological polar surface area (TPSA) is 79.4 Å². The highest BCUT2D eigenvalue weighted by Crippen LogP contribution is 2.30. The predicted octanol–water partition coefficient (Wildman–Crippen LogP) is 7.71. The number of benzene rings is 1. The molecular formula is C34H48ClN3O3S. The molecule has 1 amide bonds. The second-order valence-corrected chi connectivity index (χ2v) is 13.9. The molecule has 2 fully saturated rings. The third kappa shape index (κ3) is 10.9. The van der Waals surface area contributed by atoms with Gasteiger partial charge in [-0.15, -0.1) is 11.3 Å². The quantitative estimate of drug-likeness (QED) is 0.196. The van der Waals surface area contributed by atoms with E-state index in [-0.39, 0.29) is 29.9 Å². The van der Waals surface area contributed by atoms with Crippen molar-refractivity contribution in [2.45, 2.75) is 109 Å². The predicted molar refractivity (Wildman–Crippen MR) is 173 cm³/mol. The summed E-state index contributed by atoms with van der Waals surface area (Å²) in [7, 11) is 0. The number of amides is 1. The molecule has 1 saturated heterocycles. The van der Waals surface area contributed by atoms with Crippen LogP contribution in [-0.4, -0.2) is 53.0 Å². The zero-order valence-electron chi connectivity index (χ0n) is 25.3. The average molecular weight is 614 g/mol. The molecular weight excluding hydrogens is 566 g/mol. The summed E-state index contributed by atoms with van der Waals surface area (Å²) in [5.41, 5.74) is 0.862. The fourth-order valence-electron chi connectivity index (χ4n) is 6.43. The number of hydrogen-bond acceptors (Lipinski definition) is 6. The molecule has 6 nitrogen and oxygen atoms in total. The van der Waals surface area contributed by atoms with Crippen molar-refractivity contribution in [1.29, 1.82) is 0 Å². The molecule has 4 rings (SSSR count). The Hall–Kier alpha value is -2.09. The lowest BCUT2D eigenvalue weighted by Crippen LogP contribution is -2.41. The van der Waals surface area contributed by atoms with Crippen molar-refractivity contribution >= 4 is 50.6 Å². The second kappa shape index (κ2) is 17.3. The number of carbonyl (C=O) groups excluding carboxylic acids is 3. The number of ketones is 2. The molecule has 1 aromatic carbocycles. The number of piperidine rings is 1. The summed E-state index contributed by atoms with van der Waals surface area (Å²) in [6, 6.07) is 5.54. The SMILES string of the molecule is CCCC(=O)C[C@@H](Cc1nc2ccc(Cl)cc2s1)C(=O)N[C@H](CCC(=O)/C=C/CN1CCCCC1)CC1CCCCC1. The van der Waals surface area contributed by atoms with Crippen LogP contribution in [0.5, 0.6) is 0 Å². The van der Waals surface area contributed by atoms with Crippen molar-refractivity contribution < 1.29 is 14.4 Å². The van der Waals surface area contributed by atoms with Crippen LogP contribution in [0.3, 0.4) is 0 Å². The molecule has 230 valence electrons. The summed E-state index contributed by atoms with van der Waals surface area (Å²) in [5, 5.41) is 4.82. The molecule has 0 radical (unpaired) electrons. The highest BCUT2D eigenvalue weighted by Gasteiger charge is 2.27. The molecule has 2 atom stereocenters. The minimum Gasteiger partial charge on any atom is -0.353 e. The maximum absolute atomic E-state index is 13.8. The van der Waals surface area contributed by atoms with Gasteiger partial charge >= 0.3 is 0 Å². The first-order valence-electron chi connectivity index (χ1n) is 16.2. The van der Waals surface area contributed by atoms with Gasteiger partial charge < -0.3 is 5.32 Å². The van der Waals surface area contributed by atoms with Gasteiger partial charge in [-0.25, -0.2) is 4.98 Å². The Kier molecular flexibility index (Phi) is 13.5. The molecule has 0 unspecified atom stereocenters. The average Bonchev–Trinajstić information content (AvgIpc) is 3.38. The van der Waals surface area contributed by atoms with Crippen LogP contribution in [0.25, 0.3) is 10.2 Å². The number of allylic oxidation sites excluding steroid dienone is 1. The molecule has 0 spiro atoms. The third-order valence-corrected chi connectivity index (χ3v) is 10.0. The molecule has 2 aliphatic rings. The molecule has 8 heteroatoms. The number of likely N-dealkylation sites (tertiary alicyclic amines) is 1. The first-order valence-corrected chi connectivity index (χ1v) is 17.4.